The topological polar surface area (TPSA) is 83.7 Å². The molecule has 7 nitrogen and oxygen atoms in total. The minimum atomic E-state index is -1.19. The first-order valence-electron chi connectivity index (χ1n) is 7.26. The summed E-state index contributed by atoms with van der Waals surface area (Å²) in [6, 6.07) is 5.73. The highest BCUT2D eigenvalue weighted by atomic mass is 19.1. The molecule has 0 bridgehead atoms. The van der Waals surface area contributed by atoms with Crippen LogP contribution in [0, 0.1) is 21.7 Å². The van der Waals surface area contributed by atoms with Gasteiger partial charge in [-0.25, -0.2) is 8.78 Å². The van der Waals surface area contributed by atoms with E-state index in [1.807, 2.05) is 0 Å². The second-order valence-corrected chi connectivity index (χ2v) is 5.13. The van der Waals surface area contributed by atoms with Gasteiger partial charge in [0.1, 0.15) is 5.75 Å². The van der Waals surface area contributed by atoms with Crippen LogP contribution in [-0.2, 0) is 0 Å². The van der Waals surface area contributed by atoms with Gasteiger partial charge >= 0.3 is 0 Å². The monoisotopic (exact) mass is 362 g/mol. The number of nitrogens with zero attached hydrogens (tertiary/aromatic N) is 2. The van der Waals surface area contributed by atoms with Crippen LogP contribution in [0.5, 0.6) is 23.0 Å². The van der Waals surface area contributed by atoms with Crippen LogP contribution in [0.3, 0.4) is 0 Å². The smallest absolute Gasteiger partial charge is 0.275 e. The number of fused-ring (bicyclic) bond motifs is 1. The largest absolute Gasteiger partial charge is 0.493 e. The quantitative estimate of drug-likeness (QED) is 0.499. The van der Waals surface area contributed by atoms with Crippen molar-refractivity contribution in [3.8, 4) is 23.0 Å². The first-order valence-corrected chi connectivity index (χ1v) is 7.26. The average Bonchev–Trinajstić information content (AvgIpc) is 2.63. The number of hydrogen-bond donors (Lipinski definition) is 0. The van der Waals surface area contributed by atoms with Crippen molar-refractivity contribution in [1.82, 2.24) is 4.98 Å². The van der Waals surface area contributed by atoms with Crippen molar-refractivity contribution in [2.45, 2.75) is 0 Å². The molecule has 3 aromatic rings. The van der Waals surface area contributed by atoms with E-state index in [1.165, 1.54) is 26.5 Å². The minimum Gasteiger partial charge on any atom is -0.493 e. The van der Waals surface area contributed by atoms with Crippen molar-refractivity contribution in [1.29, 1.82) is 0 Å². The number of aromatic nitrogens is 1. The maximum Gasteiger partial charge on any atom is 0.275 e. The van der Waals surface area contributed by atoms with Crippen LogP contribution in [0.1, 0.15) is 0 Å². The fraction of sp³-hybridized carbons (Fsp3) is 0.118. The Morgan fingerprint density at radius 3 is 2.19 bits per heavy atom. The molecule has 0 aliphatic carbocycles. The SMILES string of the molecule is COc1cc2nccc(Oc3c(F)cc([N+](=O)[O-])cc3F)c2cc1OC. The number of nitro benzene ring substituents is 1. The van der Waals surface area contributed by atoms with Crippen LogP contribution < -0.4 is 14.2 Å². The van der Waals surface area contributed by atoms with Crippen molar-refractivity contribution >= 4 is 16.6 Å². The zero-order chi connectivity index (χ0) is 18.8. The summed E-state index contributed by atoms with van der Waals surface area (Å²) < 4.78 is 43.9. The normalized spacial score (nSPS) is 10.6. The fourth-order valence-electron chi connectivity index (χ4n) is 2.40. The molecule has 0 amide bonds. The Morgan fingerprint density at radius 1 is 1.00 bits per heavy atom. The summed E-state index contributed by atoms with van der Waals surface area (Å²) in [6.07, 6.45) is 1.39. The predicted molar refractivity (Wildman–Crippen MR) is 87.9 cm³/mol. The second-order valence-electron chi connectivity index (χ2n) is 5.13. The molecule has 0 aliphatic heterocycles. The summed E-state index contributed by atoms with van der Waals surface area (Å²) in [5, 5.41) is 11.1. The lowest BCUT2D eigenvalue weighted by Crippen LogP contribution is -1.98. The van der Waals surface area contributed by atoms with Crippen LogP contribution >= 0.6 is 0 Å². The molecule has 2 aromatic carbocycles. The van der Waals surface area contributed by atoms with Gasteiger partial charge in [0.05, 0.1) is 36.8 Å². The van der Waals surface area contributed by atoms with Gasteiger partial charge in [-0.15, -0.1) is 0 Å². The molecule has 0 aliphatic rings. The van der Waals surface area contributed by atoms with Gasteiger partial charge in [0.2, 0.25) is 0 Å². The Kier molecular flexibility index (Phi) is 4.53. The molecule has 26 heavy (non-hydrogen) atoms. The second kappa shape index (κ2) is 6.79. The molecular formula is C17H12F2N2O5. The third-order valence-electron chi connectivity index (χ3n) is 3.61. The highest BCUT2D eigenvalue weighted by molar-refractivity contribution is 5.88. The van der Waals surface area contributed by atoms with Gasteiger partial charge in [0, 0.05) is 17.6 Å². The van der Waals surface area contributed by atoms with E-state index in [-0.39, 0.29) is 5.75 Å². The van der Waals surface area contributed by atoms with E-state index in [0.29, 0.717) is 34.5 Å². The van der Waals surface area contributed by atoms with Gasteiger partial charge in [-0.2, -0.15) is 0 Å². The minimum absolute atomic E-state index is 0.0996. The maximum atomic E-state index is 14.1. The van der Waals surface area contributed by atoms with Gasteiger partial charge in [-0.1, -0.05) is 0 Å². The molecule has 0 spiro atoms. The Hall–Kier alpha value is -3.49. The van der Waals surface area contributed by atoms with Gasteiger partial charge < -0.3 is 14.2 Å². The number of ether oxygens (including phenoxy) is 3. The van der Waals surface area contributed by atoms with E-state index in [2.05, 4.69) is 4.98 Å². The predicted octanol–water partition coefficient (Wildman–Crippen LogP) is 4.23. The van der Waals surface area contributed by atoms with Crippen LogP contribution in [0.15, 0.2) is 36.5 Å². The lowest BCUT2D eigenvalue weighted by atomic mass is 10.1. The van der Waals surface area contributed by atoms with Crippen molar-refractivity contribution in [2.24, 2.45) is 0 Å². The first kappa shape index (κ1) is 17.3. The van der Waals surface area contributed by atoms with Crippen molar-refractivity contribution in [3.63, 3.8) is 0 Å². The molecule has 9 heteroatoms. The Balaban J connectivity index is 2.11. The molecule has 1 heterocycles. The van der Waals surface area contributed by atoms with Crippen LogP contribution in [0.2, 0.25) is 0 Å². The summed E-state index contributed by atoms with van der Waals surface area (Å²) in [7, 11) is 2.90. The first-order chi connectivity index (χ1) is 12.4. The zero-order valence-electron chi connectivity index (χ0n) is 13.7. The van der Waals surface area contributed by atoms with Crippen molar-refractivity contribution in [2.75, 3.05) is 14.2 Å². The van der Waals surface area contributed by atoms with Crippen LogP contribution in [0.4, 0.5) is 14.5 Å². The summed E-state index contributed by atoms with van der Waals surface area (Å²) in [6.45, 7) is 0. The van der Waals surface area contributed by atoms with Crippen LogP contribution in [0.25, 0.3) is 10.9 Å². The molecule has 0 saturated heterocycles. The summed E-state index contributed by atoms with van der Waals surface area (Å²) >= 11 is 0. The number of hydrogen-bond acceptors (Lipinski definition) is 6. The van der Waals surface area contributed by atoms with Gasteiger partial charge in [0.25, 0.3) is 5.69 Å². The molecule has 3 rings (SSSR count). The molecule has 0 unspecified atom stereocenters. The summed E-state index contributed by atoms with van der Waals surface area (Å²) in [5.74, 6) is -2.23. The number of halogens is 2. The van der Waals surface area contributed by atoms with Crippen molar-refractivity contribution in [3.05, 3.63) is 58.3 Å². The van der Waals surface area contributed by atoms with E-state index < -0.39 is 28.0 Å². The standard InChI is InChI=1S/C17H12F2N2O5/c1-24-15-7-10-13(8-16(15)25-2)20-4-3-14(10)26-17-11(18)5-9(21(22)23)6-12(17)19/h3-8H,1-2H3. The third kappa shape index (κ3) is 3.06. The van der Waals surface area contributed by atoms with E-state index in [1.54, 1.807) is 12.1 Å². The molecule has 0 radical (unpaired) electrons. The van der Waals surface area contributed by atoms with Gasteiger partial charge in [-0.3, -0.25) is 15.1 Å². The molecule has 0 N–H and O–H groups in total. The Morgan fingerprint density at radius 2 is 1.62 bits per heavy atom. The van der Waals surface area contributed by atoms with E-state index in [0.717, 1.165) is 0 Å². The zero-order valence-corrected chi connectivity index (χ0v) is 13.7. The summed E-state index contributed by atoms with van der Waals surface area (Å²) in [5.41, 5.74) is -0.263. The number of nitro groups is 1. The number of non-ortho nitro benzene ring substituents is 1. The fourth-order valence-corrected chi connectivity index (χ4v) is 2.40. The molecule has 0 fully saturated rings. The lowest BCUT2D eigenvalue weighted by Gasteiger charge is -2.13. The summed E-state index contributed by atoms with van der Waals surface area (Å²) in [4.78, 5) is 13.9. The molecule has 0 saturated carbocycles. The number of pyridine rings is 1. The molecular weight excluding hydrogens is 350 g/mol. The molecule has 134 valence electrons. The number of benzene rings is 2. The van der Waals surface area contributed by atoms with E-state index in [9.17, 15) is 18.9 Å². The highest BCUT2D eigenvalue weighted by Crippen LogP contribution is 2.38. The number of rotatable bonds is 5. The van der Waals surface area contributed by atoms with Gasteiger partial charge in [0.15, 0.2) is 28.9 Å². The lowest BCUT2D eigenvalue weighted by molar-refractivity contribution is -0.385. The Bertz CT molecular complexity index is 987. The highest BCUT2D eigenvalue weighted by Gasteiger charge is 2.20. The molecule has 0 atom stereocenters. The third-order valence-corrected chi connectivity index (χ3v) is 3.61. The Labute approximate surface area is 145 Å². The van der Waals surface area contributed by atoms with Crippen LogP contribution in [-0.4, -0.2) is 24.1 Å². The van der Waals surface area contributed by atoms with E-state index >= 15 is 0 Å². The number of methoxy groups -OCH3 is 2. The van der Waals surface area contributed by atoms with E-state index in [4.69, 9.17) is 14.2 Å². The molecule has 1 aromatic heterocycles. The maximum absolute atomic E-state index is 14.1. The van der Waals surface area contributed by atoms with Gasteiger partial charge in [-0.05, 0) is 12.1 Å². The average molecular weight is 362 g/mol. The van der Waals surface area contributed by atoms with Crippen molar-refractivity contribution < 1.29 is 27.9 Å².